The van der Waals surface area contributed by atoms with Gasteiger partial charge in [-0.15, -0.1) is 0 Å². The summed E-state index contributed by atoms with van der Waals surface area (Å²) in [4.78, 5) is 24.8. The maximum atomic E-state index is 12.6. The first-order valence-corrected chi connectivity index (χ1v) is 10.8. The lowest BCUT2D eigenvalue weighted by Crippen LogP contribution is -2.54. The Hall–Kier alpha value is -2.17. The number of aromatic nitrogens is 1. The van der Waals surface area contributed by atoms with Crippen LogP contribution >= 0.6 is 15.9 Å². The molecule has 152 valence electrons. The zero-order valence-electron chi connectivity index (χ0n) is 16.0. The predicted molar refractivity (Wildman–Crippen MR) is 109 cm³/mol. The maximum absolute atomic E-state index is 12.6. The molecule has 0 saturated heterocycles. The van der Waals surface area contributed by atoms with Gasteiger partial charge < -0.3 is 4.57 Å². The molecular weight excluding hydrogens is 448 g/mol. The van der Waals surface area contributed by atoms with E-state index in [4.69, 9.17) is 0 Å². The van der Waals surface area contributed by atoms with E-state index in [1.54, 1.807) is 49.9 Å². The minimum atomic E-state index is -3.89. The highest BCUT2D eigenvalue weighted by Crippen LogP contribution is 2.14. The molecular formula is C18H23BrN4O4S. The van der Waals surface area contributed by atoms with Crippen LogP contribution in [0.25, 0.3) is 0 Å². The third-order valence-corrected chi connectivity index (χ3v) is 5.96. The van der Waals surface area contributed by atoms with Crippen molar-refractivity contribution < 1.29 is 18.0 Å². The van der Waals surface area contributed by atoms with Crippen LogP contribution in [0.1, 0.15) is 29.9 Å². The van der Waals surface area contributed by atoms with Crippen LogP contribution in [0.4, 0.5) is 0 Å². The molecule has 1 aromatic heterocycles. The van der Waals surface area contributed by atoms with E-state index >= 15 is 0 Å². The molecule has 0 aliphatic rings. The highest BCUT2D eigenvalue weighted by Gasteiger charge is 2.28. The highest BCUT2D eigenvalue weighted by molar-refractivity contribution is 9.10. The van der Waals surface area contributed by atoms with Crippen LogP contribution in [0.15, 0.2) is 45.9 Å². The number of nitrogens with zero attached hydrogens (tertiary/aromatic N) is 1. The van der Waals surface area contributed by atoms with Crippen LogP contribution in [-0.2, 0) is 21.9 Å². The number of halogens is 1. The van der Waals surface area contributed by atoms with Gasteiger partial charge in [0, 0.05) is 17.7 Å². The first-order chi connectivity index (χ1) is 13.0. The molecule has 0 saturated carbocycles. The summed E-state index contributed by atoms with van der Waals surface area (Å²) >= 11 is 3.27. The van der Waals surface area contributed by atoms with Gasteiger partial charge in [-0.1, -0.05) is 31.5 Å². The smallest absolute Gasteiger partial charge is 0.286 e. The minimum absolute atomic E-state index is 0.0641. The molecule has 0 bridgehead atoms. The second-order valence-electron chi connectivity index (χ2n) is 6.75. The Morgan fingerprint density at radius 2 is 1.71 bits per heavy atom. The number of carbonyl (C=O) groups excluding carboxylic acids is 2. The van der Waals surface area contributed by atoms with Gasteiger partial charge in [0.1, 0.15) is 11.7 Å². The van der Waals surface area contributed by atoms with Gasteiger partial charge in [-0.05, 0) is 47.0 Å². The Labute approximate surface area is 172 Å². The van der Waals surface area contributed by atoms with Crippen LogP contribution in [-0.4, -0.2) is 30.8 Å². The summed E-state index contributed by atoms with van der Waals surface area (Å²) in [7, 11) is -2.21. The van der Waals surface area contributed by atoms with Crippen LogP contribution < -0.4 is 15.6 Å². The Kier molecular flexibility index (Phi) is 7.02. The SMILES string of the molecule is Cc1ccc(S(=O)(=O)N[C@H](C(=O)NNC(=O)c2cc(Br)cn2C)C(C)C)cc1. The van der Waals surface area contributed by atoms with Crippen LogP contribution in [0.2, 0.25) is 0 Å². The number of rotatable bonds is 6. The van der Waals surface area contributed by atoms with Crippen molar-refractivity contribution in [3.63, 3.8) is 0 Å². The van der Waals surface area contributed by atoms with Crippen molar-refractivity contribution in [3.8, 4) is 0 Å². The lowest BCUT2D eigenvalue weighted by molar-refractivity contribution is -0.124. The van der Waals surface area contributed by atoms with Crippen LogP contribution in [0.5, 0.6) is 0 Å². The molecule has 2 aromatic rings. The van der Waals surface area contributed by atoms with Gasteiger partial charge in [0.05, 0.1) is 4.90 Å². The number of amides is 2. The largest absolute Gasteiger partial charge is 0.345 e. The first-order valence-electron chi connectivity index (χ1n) is 8.52. The van der Waals surface area contributed by atoms with E-state index in [9.17, 15) is 18.0 Å². The predicted octanol–water partition coefficient (Wildman–Crippen LogP) is 1.86. The third-order valence-electron chi connectivity index (χ3n) is 4.07. The number of hydrogen-bond acceptors (Lipinski definition) is 4. The molecule has 1 atom stereocenters. The second kappa shape index (κ2) is 8.89. The lowest BCUT2D eigenvalue weighted by Gasteiger charge is -2.21. The van der Waals surface area contributed by atoms with Gasteiger partial charge in [0.25, 0.3) is 11.8 Å². The lowest BCUT2D eigenvalue weighted by atomic mass is 10.1. The Morgan fingerprint density at radius 1 is 1.11 bits per heavy atom. The fourth-order valence-corrected chi connectivity index (χ4v) is 4.32. The number of benzene rings is 1. The molecule has 0 radical (unpaired) electrons. The molecule has 8 nitrogen and oxygen atoms in total. The molecule has 2 amide bonds. The molecule has 0 unspecified atom stereocenters. The summed E-state index contributed by atoms with van der Waals surface area (Å²) in [5.41, 5.74) is 5.84. The van der Waals surface area contributed by atoms with Crippen molar-refractivity contribution in [2.24, 2.45) is 13.0 Å². The van der Waals surface area contributed by atoms with Gasteiger partial charge >= 0.3 is 0 Å². The van der Waals surface area contributed by atoms with Gasteiger partial charge in [0.2, 0.25) is 10.0 Å². The van der Waals surface area contributed by atoms with E-state index in [1.807, 2.05) is 6.92 Å². The van der Waals surface area contributed by atoms with E-state index in [2.05, 4.69) is 31.5 Å². The fraction of sp³-hybridized carbons (Fsp3) is 0.333. The van der Waals surface area contributed by atoms with Crippen LogP contribution in [0, 0.1) is 12.8 Å². The Bertz CT molecular complexity index is 968. The van der Waals surface area contributed by atoms with Crippen molar-refractivity contribution >= 4 is 37.8 Å². The Morgan fingerprint density at radius 3 is 2.21 bits per heavy atom. The van der Waals surface area contributed by atoms with E-state index in [0.717, 1.165) is 10.0 Å². The number of carbonyl (C=O) groups is 2. The van der Waals surface area contributed by atoms with Crippen molar-refractivity contribution in [3.05, 3.63) is 52.3 Å². The number of sulfonamides is 1. The average molecular weight is 471 g/mol. The third kappa shape index (κ3) is 5.43. The molecule has 2 rings (SSSR count). The Balaban J connectivity index is 2.08. The maximum Gasteiger partial charge on any atom is 0.286 e. The molecule has 10 heteroatoms. The number of hydrazine groups is 1. The number of aryl methyl sites for hydroxylation is 2. The monoisotopic (exact) mass is 470 g/mol. The molecule has 0 aliphatic heterocycles. The standard InChI is InChI=1S/C18H23BrN4O4S/c1-11(2)16(22-28(26,27)14-7-5-12(3)6-8-14)18(25)21-20-17(24)15-9-13(19)10-23(15)4/h5-11,16,22H,1-4H3,(H,20,24)(H,21,25)/t16-/m0/s1. The molecule has 28 heavy (non-hydrogen) atoms. The molecule has 0 fully saturated rings. The summed E-state index contributed by atoms with van der Waals surface area (Å²) in [5, 5.41) is 0. The van der Waals surface area contributed by atoms with E-state index in [0.29, 0.717) is 5.69 Å². The fourth-order valence-electron chi connectivity index (χ4n) is 2.46. The normalized spacial score (nSPS) is 12.6. The minimum Gasteiger partial charge on any atom is -0.345 e. The molecule has 1 aromatic carbocycles. The summed E-state index contributed by atoms with van der Waals surface area (Å²) in [6.45, 7) is 5.26. The molecule has 1 heterocycles. The van der Waals surface area contributed by atoms with Crippen LogP contribution in [0.3, 0.4) is 0 Å². The van der Waals surface area contributed by atoms with E-state index in [-0.39, 0.29) is 10.8 Å². The molecule has 3 N–H and O–H groups in total. The average Bonchev–Trinajstić information content (AvgIpc) is 2.96. The first kappa shape index (κ1) is 22.1. The van der Waals surface area contributed by atoms with Crippen molar-refractivity contribution in [2.45, 2.75) is 31.7 Å². The van der Waals surface area contributed by atoms with Gasteiger partial charge in [-0.2, -0.15) is 4.72 Å². The topological polar surface area (TPSA) is 109 Å². The molecule has 0 aliphatic carbocycles. The summed E-state index contributed by atoms with van der Waals surface area (Å²) in [6, 6.07) is 6.84. The molecule has 0 spiro atoms. The summed E-state index contributed by atoms with van der Waals surface area (Å²) < 4.78 is 29.9. The van der Waals surface area contributed by atoms with Gasteiger partial charge in [-0.3, -0.25) is 20.4 Å². The van der Waals surface area contributed by atoms with E-state index in [1.165, 1.54) is 12.1 Å². The van der Waals surface area contributed by atoms with Crippen molar-refractivity contribution in [1.29, 1.82) is 0 Å². The summed E-state index contributed by atoms with van der Waals surface area (Å²) in [5.74, 6) is -1.53. The van der Waals surface area contributed by atoms with Gasteiger partial charge in [0.15, 0.2) is 0 Å². The zero-order valence-corrected chi connectivity index (χ0v) is 18.4. The highest BCUT2D eigenvalue weighted by atomic mass is 79.9. The second-order valence-corrected chi connectivity index (χ2v) is 9.38. The number of hydrogen-bond donors (Lipinski definition) is 3. The number of nitrogens with one attached hydrogen (secondary N) is 3. The van der Waals surface area contributed by atoms with Gasteiger partial charge in [-0.25, -0.2) is 8.42 Å². The summed E-state index contributed by atoms with van der Waals surface area (Å²) in [6.07, 6.45) is 1.70. The van der Waals surface area contributed by atoms with Crippen molar-refractivity contribution in [1.82, 2.24) is 20.1 Å². The quantitative estimate of drug-likeness (QED) is 0.559. The zero-order chi connectivity index (χ0) is 21.1. The van der Waals surface area contributed by atoms with Crippen molar-refractivity contribution in [2.75, 3.05) is 0 Å². The van der Waals surface area contributed by atoms with E-state index < -0.39 is 27.9 Å².